The van der Waals surface area contributed by atoms with E-state index < -0.39 is 7.14 Å². The van der Waals surface area contributed by atoms with Gasteiger partial charge in [-0.2, -0.15) is 4.98 Å². The molecule has 4 heterocycles. The number of nitrogens with zero attached hydrogens (tertiary/aromatic N) is 6. The van der Waals surface area contributed by atoms with Gasteiger partial charge in [0.25, 0.3) is 0 Å². The Morgan fingerprint density at radius 1 is 0.889 bits per heavy atom. The van der Waals surface area contributed by atoms with Crippen molar-refractivity contribution in [1.82, 2.24) is 25.1 Å². The number of likely N-dealkylation sites (tertiary alicyclic amines) is 1. The third-order valence-electron chi connectivity index (χ3n) is 10.4. The lowest BCUT2D eigenvalue weighted by Crippen LogP contribution is -2.53. The minimum absolute atomic E-state index is 0.222. The summed E-state index contributed by atoms with van der Waals surface area (Å²) in [4.78, 5) is 41.9. The number of hydrogen-bond acceptors (Lipinski definition) is 11. The Kier molecular flexibility index (Phi) is 11.4. The summed E-state index contributed by atoms with van der Waals surface area (Å²) in [7, 11) is -0.882. The van der Waals surface area contributed by atoms with Crippen LogP contribution in [0.1, 0.15) is 24.8 Å². The fourth-order valence-corrected chi connectivity index (χ4v) is 8.72. The number of piperidine rings is 1. The minimum atomic E-state index is -2.54. The molecule has 15 heteroatoms. The average molecular weight is 772 g/mol. The van der Waals surface area contributed by atoms with E-state index in [0.29, 0.717) is 47.2 Å². The maximum atomic E-state index is 12.9. The number of rotatable bonds is 11. The maximum Gasteiger partial charge on any atom is 0.328 e. The zero-order valence-electron chi connectivity index (χ0n) is 30.9. The van der Waals surface area contributed by atoms with Crippen LogP contribution in [0.5, 0.6) is 5.75 Å². The van der Waals surface area contributed by atoms with Gasteiger partial charge in [-0.25, -0.2) is 9.78 Å². The lowest BCUT2D eigenvalue weighted by Gasteiger charge is -2.43. The Labute approximate surface area is 321 Å². The van der Waals surface area contributed by atoms with Crippen molar-refractivity contribution in [2.24, 2.45) is 0 Å². The molecule has 3 aliphatic rings. The SMILES string of the molecule is COc1cc(N2CCN(C3CCN(Cc4ccc(N5CCC(=O)NC5=O)cc4)CC3)CC2)ccc1Nc1ncc(Cl)c(Nc2ccccc2P(C)(C)=O)n1. The molecule has 3 aliphatic heterocycles. The van der Waals surface area contributed by atoms with Crippen LogP contribution in [-0.2, 0) is 15.9 Å². The van der Waals surface area contributed by atoms with Crippen molar-refractivity contribution in [2.45, 2.75) is 31.8 Å². The highest BCUT2D eigenvalue weighted by Gasteiger charge is 2.29. The lowest BCUT2D eigenvalue weighted by molar-refractivity contribution is -0.120. The Bertz CT molecular complexity index is 2030. The van der Waals surface area contributed by atoms with Gasteiger partial charge in [0.15, 0.2) is 5.82 Å². The van der Waals surface area contributed by atoms with E-state index in [1.54, 1.807) is 25.3 Å². The van der Waals surface area contributed by atoms with Gasteiger partial charge in [-0.1, -0.05) is 35.9 Å². The van der Waals surface area contributed by atoms with Crippen molar-refractivity contribution in [2.75, 3.05) is 86.7 Å². The molecule has 3 fully saturated rings. The van der Waals surface area contributed by atoms with Gasteiger partial charge in [0.1, 0.15) is 17.9 Å². The number of hydrogen-bond donors (Lipinski definition) is 3. The predicted octanol–water partition coefficient (Wildman–Crippen LogP) is 6.11. The van der Waals surface area contributed by atoms with Gasteiger partial charge in [-0.15, -0.1) is 0 Å². The molecule has 284 valence electrons. The monoisotopic (exact) mass is 771 g/mol. The molecule has 3 N–H and O–H groups in total. The number of piperazine rings is 1. The summed E-state index contributed by atoms with van der Waals surface area (Å²) >= 11 is 6.47. The van der Waals surface area contributed by atoms with Crippen molar-refractivity contribution in [3.8, 4) is 5.75 Å². The molecule has 0 unspecified atom stereocenters. The lowest BCUT2D eigenvalue weighted by atomic mass is 10.0. The molecule has 0 bridgehead atoms. The Hall–Kier alpha value is -4.68. The molecule has 3 amide bonds. The number of urea groups is 1. The van der Waals surface area contributed by atoms with Gasteiger partial charge in [0, 0.05) is 74.5 Å². The summed E-state index contributed by atoms with van der Waals surface area (Å²) in [6, 6.07) is 21.9. The molecule has 3 aromatic carbocycles. The summed E-state index contributed by atoms with van der Waals surface area (Å²) in [5, 5.41) is 9.99. The number of anilines is 6. The van der Waals surface area contributed by atoms with Gasteiger partial charge < -0.3 is 24.8 Å². The number of methoxy groups -OCH3 is 1. The molecule has 13 nitrogen and oxygen atoms in total. The Morgan fingerprint density at radius 2 is 1.61 bits per heavy atom. The molecule has 1 aromatic heterocycles. The topological polar surface area (TPSA) is 135 Å². The first-order chi connectivity index (χ1) is 26.0. The molecular weight excluding hydrogens is 725 g/mol. The number of para-hydroxylation sites is 1. The van der Waals surface area contributed by atoms with E-state index in [0.717, 1.165) is 81.0 Å². The van der Waals surface area contributed by atoms with Crippen molar-refractivity contribution in [3.05, 3.63) is 83.5 Å². The summed E-state index contributed by atoms with van der Waals surface area (Å²) < 4.78 is 18.7. The first kappa shape index (κ1) is 37.6. The van der Waals surface area contributed by atoms with Crippen molar-refractivity contribution >= 4 is 70.5 Å². The molecule has 4 aromatic rings. The van der Waals surface area contributed by atoms with Crippen LogP contribution in [0.3, 0.4) is 0 Å². The van der Waals surface area contributed by atoms with Crippen LogP contribution >= 0.6 is 18.7 Å². The fraction of sp³-hybridized carbons (Fsp3) is 0.385. The number of carbonyl (C=O) groups is 2. The summed E-state index contributed by atoms with van der Waals surface area (Å²) in [5.74, 6) is 1.22. The number of carbonyl (C=O) groups excluding carboxylic acids is 2. The van der Waals surface area contributed by atoms with Crippen LogP contribution in [-0.4, -0.2) is 104 Å². The highest BCUT2D eigenvalue weighted by molar-refractivity contribution is 7.70. The Morgan fingerprint density at radius 3 is 2.31 bits per heavy atom. The van der Waals surface area contributed by atoms with E-state index in [1.165, 1.54) is 11.8 Å². The molecule has 0 atom stereocenters. The van der Waals surface area contributed by atoms with Crippen molar-refractivity contribution < 1.29 is 18.9 Å². The van der Waals surface area contributed by atoms with E-state index in [2.05, 4.69) is 64.9 Å². The number of aromatic nitrogens is 2. The number of imide groups is 1. The number of ether oxygens (including phenoxy) is 1. The Balaban J connectivity index is 0.902. The molecule has 0 spiro atoms. The van der Waals surface area contributed by atoms with Gasteiger partial charge in [-0.05, 0) is 81.2 Å². The highest BCUT2D eigenvalue weighted by Crippen LogP contribution is 2.39. The summed E-state index contributed by atoms with van der Waals surface area (Å²) in [6.45, 7) is 10.8. The van der Waals surface area contributed by atoms with E-state index in [-0.39, 0.29) is 11.9 Å². The molecule has 0 radical (unpaired) electrons. The first-order valence-corrected chi connectivity index (χ1v) is 21.3. The fourth-order valence-electron chi connectivity index (χ4n) is 7.43. The number of halogens is 1. The van der Waals surface area contributed by atoms with Crippen LogP contribution < -0.4 is 35.8 Å². The number of nitrogens with one attached hydrogen (secondary N) is 3. The zero-order valence-corrected chi connectivity index (χ0v) is 32.6. The average Bonchev–Trinajstić information content (AvgIpc) is 3.17. The predicted molar refractivity (Wildman–Crippen MR) is 216 cm³/mol. The van der Waals surface area contributed by atoms with Gasteiger partial charge in [-0.3, -0.25) is 24.8 Å². The minimum Gasteiger partial charge on any atom is -0.494 e. The van der Waals surface area contributed by atoms with E-state index in [9.17, 15) is 14.2 Å². The van der Waals surface area contributed by atoms with Crippen molar-refractivity contribution in [3.63, 3.8) is 0 Å². The standard InChI is InChI=1S/C39H47ClN9O4P/c1-53-34-24-30(12-13-32(34)43-38-41-25-31(40)37(45-38)42-33-6-4-5-7-35(33)54(2,3)52)48-22-20-47(21-23-48)28-14-17-46(18-15-28)26-27-8-10-29(11-9-27)49-19-16-36(50)44-39(49)51/h4-13,24-25,28H,14-23,26H2,1-3H3,(H,44,50,51)(H2,41,42,43,45). The largest absolute Gasteiger partial charge is 0.494 e. The van der Waals surface area contributed by atoms with E-state index in [4.69, 9.17) is 16.3 Å². The van der Waals surface area contributed by atoms with Crippen LogP contribution in [0.4, 0.5) is 39.3 Å². The molecule has 0 saturated carbocycles. The van der Waals surface area contributed by atoms with E-state index >= 15 is 0 Å². The van der Waals surface area contributed by atoms with Gasteiger partial charge >= 0.3 is 6.03 Å². The maximum absolute atomic E-state index is 12.9. The van der Waals surface area contributed by atoms with Crippen LogP contribution in [0.2, 0.25) is 5.02 Å². The van der Waals surface area contributed by atoms with Crippen molar-refractivity contribution in [1.29, 1.82) is 0 Å². The molecule has 3 saturated heterocycles. The molecule has 7 rings (SSSR count). The first-order valence-electron chi connectivity index (χ1n) is 18.3. The second kappa shape index (κ2) is 16.4. The summed E-state index contributed by atoms with van der Waals surface area (Å²) in [5.41, 5.74) is 4.56. The smallest absolute Gasteiger partial charge is 0.328 e. The highest BCUT2D eigenvalue weighted by atomic mass is 35.5. The number of benzene rings is 3. The van der Waals surface area contributed by atoms with Gasteiger partial charge in [0.05, 0.1) is 24.7 Å². The molecule has 0 aliphatic carbocycles. The molecule has 54 heavy (non-hydrogen) atoms. The zero-order chi connectivity index (χ0) is 37.8. The van der Waals surface area contributed by atoms with Crippen LogP contribution in [0.25, 0.3) is 0 Å². The van der Waals surface area contributed by atoms with E-state index in [1.807, 2.05) is 42.5 Å². The molecular formula is C39H47ClN9O4P. The third-order valence-corrected chi connectivity index (χ3v) is 12.2. The normalized spacial score (nSPS) is 17.7. The number of amides is 3. The second-order valence-electron chi connectivity index (χ2n) is 14.3. The van der Waals surface area contributed by atoms with Gasteiger partial charge in [0.2, 0.25) is 11.9 Å². The second-order valence-corrected chi connectivity index (χ2v) is 17.9. The van der Waals surface area contributed by atoms with Crippen LogP contribution in [0.15, 0.2) is 72.9 Å². The summed E-state index contributed by atoms with van der Waals surface area (Å²) in [6.07, 6.45) is 4.14. The third kappa shape index (κ3) is 8.81. The quantitative estimate of drug-likeness (QED) is 0.153. The van der Waals surface area contributed by atoms with Crippen LogP contribution in [0, 0.1) is 0 Å².